The Labute approximate surface area is 157 Å². The van der Waals surface area contributed by atoms with Crippen LogP contribution in [-0.4, -0.2) is 28.2 Å². The van der Waals surface area contributed by atoms with Crippen molar-refractivity contribution in [3.8, 4) is 0 Å². The molecule has 0 atom stereocenters. The van der Waals surface area contributed by atoms with Crippen molar-refractivity contribution in [2.75, 3.05) is 6.61 Å². The number of nitro groups is 1. The Bertz CT molecular complexity index is 586. The molecule has 0 saturated carbocycles. The molecule has 1 rings (SSSR count). The van der Waals surface area contributed by atoms with E-state index in [1.165, 1.54) is 12.1 Å². The van der Waals surface area contributed by atoms with Gasteiger partial charge in [-0.1, -0.05) is 15.9 Å². The standard InChI is InChI=1S/C14H18BrNO4.C4H10O/c1-9-7-10(16(18)19)8-12(15)11(9)5-6-20-13(17)14(2,3)4;1-4(2,3)5/h7-8H,5-6H2,1-4H3;5H,1-3H3. The first-order valence-corrected chi connectivity index (χ1v) is 8.75. The summed E-state index contributed by atoms with van der Waals surface area (Å²) in [6.45, 7) is 12.7. The van der Waals surface area contributed by atoms with Gasteiger partial charge in [-0.2, -0.15) is 0 Å². The number of rotatable bonds is 4. The summed E-state index contributed by atoms with van der Waals surface area (Å²) in [4.78, 5) is 22.0. The molecular weight excluding hydrogens is 390 g/mol. The molecule has 0 aliphatic heterocycles. The number of esters is 1. The Kier molecular flexibility index (Phi) is 8.74. The number of ether oxygens (including phenoxy) is 1. The van der Waals surface area contributed by atoms with Gasteiger partial charge in [0.15, 0.2) is 0 Å². The van der Waals surface area contributed by atoms with Crippen LogP contribution < -0.4 is 0 Å². The highest BCUT2D eigenvalue weighted by molar-refractivity contribution is 9.10. The van der Waals surface area contributed by atoms with Gasteiger partial charge in [-0.15, -0.1) is 0 Å². The highest BCUT2D eigenvalue weighted by atomic mass is 79.9. The molecule has 1 aromatic rings. The summed E-state index contributed by atoms with van der Waals surface area (Å²) < 4.78 is 5.87. The molecule has 25 heavy (non-hydrogen) atoms. The monoisotopic (exact) mass is 417 g/mol. The molecule has 0 bridgehead atoms. The van der Waals surface area contributed by atoms with E-state index in [2.05, 4.69) is 15.9 Å². The number of benzene rings is 1. The van der Waals surface area contributed by atoms with Crippen LogP contribution in [0.5, 0.6) is 0 Å². The molecule has 0 aromatic heterocycles. The van der Waals surface area contributed by atoms with Gasteiger partial charge in [0.25, 0.3) is 5.69 Å². The maximum Gasteiger partial charge on any atom is 0.311 e. The Morgan fingerprint density at radius 1 is 1.24 bits per heavy atom. The lowest BCUT2D eigenvalue weighted by Gasteiger charge is -2.17. The highest BCUT2D eigenvalue weighted by Crippen LogP contribution is 2.27. The molecular formula is C18H28BrNO5. The summed E-state index contributed by atoms with van der Waals surface area (Å²) in [7, 11) is 0. The molecule has 0 amide bonds. The maximum absolute atomic E-state index is 11.6. The summed E-state index contributed by atoms with van der Waals surface area (Å²) >= 11 is 3.33. The number of nitrogens with zero attached hydrogens (tertiary/aromatic N) is 1. The van der Waals surface area contributed by atoms with Gasteiger partial charge in [-0.3, -0.25) is 14.9 Å². The number of aryl methyl sites for hydroxylation is 1. The van der Waals surface area contributed by atoms with Crippen LogP contribution in [0.25, 0.3) is 0 Å². The molecule has 142 valence electrons. The van der Waals surface area contributed by atoms with Crippen LogP contribution in [0.4, 0.5) is 5.69 Å². The predicted octanol–water partition coefficient (Wildman–Crippen LogP) is 4.57. The zero-order chi connectivity index (χ0) is 20.0. The SMILES string of the molecule is CC(C)(C)O.Cc1cc([N+](=O)[O-])cc(Br)c1CCOC(=O)C(C)(C)C. The third-order valence-electron chi connectivity index (χ3n) is 2.81. The van der Waals surface area contributed by atoms with E-state index < -0.39 is 15.9 Å². The molecule has 1 N–H and O–H groups in total. The molecule has 0 radical (unpaired) electrons. The fourth-order valence-corrected chi connectivity index (χ4v) is 2.39. The van der Waals surface area contributed by atoms with Gasteiger partial charge < -0.3 is 9.84 Å². The molecule has 1 aromatic carbocycles. The normalized spacial score (nSPS) is 11.4. The maximum atomic E-state index is 11.6. The Morgan fingerprint density at radius 2 is 1.72 bits per heavy atom. The summed E-state index contributed by atoms with van der Waals surface area (Å²) in [5.74, 6) is -0.256. The molecule has 0 heterocycles. The van der Waals surface area contributed by atoms with E-state index in [1.807, 2.05) is 0 Å². The molecule has 6 nitrogen and oxygen atoms in total. The van der Waals surface area contributed by atoms with E-state index in [1.54, 1.807) is 48.5 Å². The van der Waals surface area contributed by atoms with E-state index in [9.17, 15) is 14.9 Å². The quantitative estimate of drug-likeness (QED) is 0.439. The average Bonchev–Trinajstić information content (AvgIpc) is 2.38. The summed E-state index contributed by atoms with van der Waals surface area (Å²) in [6, 6.07) is 2.99. The van der Waals surface area contributed by atoms with Gasteiger partial charge in [-0.25, -0.2) is 0 Å². The van der Waals surface area contributed by atoms with Crippen molar-refractivity contribution in [3.05, 3.63) is 37.8 Å². The van der Waals surface area contributed by atoms with Crippen molar-refractivity contribution in [1.82, 2.24) is 0 Å². The van der Waals surface area contributed by atoms with Crippen molar-refractivity contribution in [1.29, 1.82) is 0 Å². The third-order valence-corrected chi connectivity index (χ3v) is 3.52. The Morgan fingerprint density at radius 3 is 2.08 bits per heavy atom. The minimum atomic E-state index is -0.526. The summed E-state index contributed by atoms with van der Waals surface area (Å²) in [5.41, 5.74) is 0.738. The zero-order valence-corrected chi connectivity index (χ0v) is 17.6. The highest BCUT2D eigenvalue weighted by Gasteiger charge is 2.23. The largest absolute Gasteiger partial charge is 0.465 e. The van der Waals surface area contributed by atoms with E-state index in [0.29, 0.717) is 10.9 Å². The van der Waals surface area contributed by atoms with E-state index in [4.69, 9.17) is 9.84 Å². The number of aliphatic hydroxyl groups is 1. The van der Waals surface area contributed by atoms with Crippen LogP contribution in [0.3, 0.4) is 0 Å². The van der Waals surface area contributed by atoms with Gasteiger partial charge in [0.05, 0.1) is 22.5 Å². The van der Waals surface area contributed by atoms with E-state index in [-0.39, 0.29) is 18.3 Å². The zero-order valence-electron chi connectivity index (χ0n) is 16.0. The van der Waals surface area contributed by atoms with Gasteiger partial charge in [-0.05, 0) is 59.6 Å². The lowest BCUT2D eigenvalue weighted by atomic mass is 9.97. The van der Waals surface area contributed by atoms with Crippen molar-refractivity contribution in [2.45, 2.75) is 60.5 Å². The first-order chi connectivity index (χ1) is 11.1. The fraction of sp³-hybridized carbons (Fsp3) is 0.611. The second-order valence-corrected chi connectivity index (χ2v) is 8.64. The number of halogens is 1. The fourth-order valence-electron chi connectivity index (χ4n) is 1.64. The minimum absolute atomic E-state index is 0.0461. The van der Waals surface area contributed by atoms with Crippen LogP contribution in [0, 0.1) is 22.5 Å². The third kappa shape index (κ3) is 10.2. The van der Waals surface area contributed by atoms with Crippen LogP contribution in [0.1, 0.15) is 52.7 Å². The Balaban J connectivity index is 0.00000101. The molecule has 7 heteroatoms. The minimum Gasteiger partial charge on any atom is -0.465 e. The van der Waals surface area contributed by atoms with Gasteiger partial charge in [0.1, 0.15) is 0 Å². The van der Waals surface area contributed by atoms with Crippen molar-refractivity contribution >= 4 is 27.6 Å². The van der Waals surface area contributed by atoms with Crippen LogP contribution >= 0.6 is 15.9 Å². The number of carbonyl (C=O) groups is 1. The second-order valence-electron chi connectivity index (χ2n) is 7.79. The topological polar surface area (TPSA) is 89.7 Å². The number of nitro benzene ring substituents is 1. The summed E-state index contributed by atoms with van der Waals surface area (Å²) in [5, 5.41) is 19.3. The first kappa shape index (κ1) is 23.5. The van der Waals surface area contributed by atoms with Crippen LogP contribution in [0.2, 0.25) is 0 Å². The van der Waals surface area contributed by atoms with E-state index in [0.717, 1.165) is 11.1 Å². The van der Waals surface area contributed by atoms with Crippen LogP contribution in [0.15, 0.2) is 16.6 Å². The Hall–Kier alpha value is -1.47. The van der Waals surface area contributed by atoms with Crippen molar-refractivity contribution in [3.63, 3.8) is 0 Å². The smallest absolute Gasteiger partial charge is 0.311 e. The molecule has 0 saturated heterocycles. The second kappa shape index (κ2) is 9.29. The van der Waals surface area contributed by atoms with Gasteiger partial charge >= 0.3 is 5.97 Å². The lowest BCUT2D eigenvalue weighted by Crippen LogP contribution is -2.23. The van der Waals surface area contributed by atoms with Crippen LogP contribution in [-0.2, 0) is 16.0 Å². The predicted molar refractivity (Wildman–Crippen MR) is 102 cm³/mol. The van der Waals surface area contributed by atoms with Gasteiger partial charge in [0.2, 0.25) is 0 Å². The number of hydrogen-bond donors (Lipinski definition) is 1. The molecule has 0 spiro atoms. The number of non-ortho nitro benzene ring substituents is 1. The number of hydrogen-bond acceptors (Lipinski definition) is 5. The molecule has 0 fully saturated rings. The average molecular weight is 418 g/mol. The lowest BCUT2D eigenvalue weighted by molar-refractivity contribution is -0.385. The summed E-state index contributed by atoms with van der Waals surface area (Å²) in [6.07, 6.45) is 0.520. The van der Waals surface area contributed by atoms with E-state index >= 15 is 0 Å². The molecule has 0 aliphatic carbocycles. The van der Waals surface area contributed by atoms with Gasteiger partial charge in [0, 0.05) is 23.0 Å². The molecule has 0 aliphatic rings. The van der Waals surface area contributed by atoms with Crippen molar-refractivity contribution in [2.24, 2.45) is 5.41 Å². The number of carbonyl (C=O) groups excluding carboxylic acids is 1. The first-order valence-electron chi connectivity index (χ1n) is 7.96. The molecule has 0 unspecified atom stereocenters. The van der Waals surface area contributed by atoms with Crippen molar-refractivity contribution < 1.29 is 19.6 Å².